The van der Waals surface area contributed by atoms with Crippen molar-refractivity contribution in [3.63, 3.8) is 0 Å². The number of benzene rings is 2. The van der Waals surface area contributed by atoms with E-state index in [1.807, 2.05) is 0 Å². The van der Waals surface area contributed by atoms with Gasteiger partial charge in [0.1, 0.15) is 5.82 Å². The minimum atomic E-state index is -3.48. The van der Waals surface area contributed by atoms with Crippen LogP contribution in [0, 0.1) is 5.82 Å². The van der Waals surface area contributed by atoms with Gasteiger partial charge in [0.05, 0.1) is 17.6 Å². The summed E-state index contributed by atoms with van der Waals surface area (Å²) in [6.45, 7) is -0.440. The average molecular weight is 336 g/mol. The summed E-state index contributed by atoms with van der Waals surface area (Å²) < 4.78 is 36.6. The molecule has 0 amide bonds. The Labute approximate surface area is 134 Å². The average Bonchev–Trinajstić information content (AvgIpc) is 2.52. The number of aliphatic hydroxyl groups excluding tert-OH is 2. The molecule has 0 spiro atoms. The monoisotopic (exact) mass is 336 g/mol. The highest BCUT2D eigenvalue weighted by molar-refractivity contribution is 7.90. The number of hydrogen-bond acceptors (Lipinski definition) is 4. The molecule has 0 aliphatic rings. The van der Waals surface area contributed by atoms with Gasteiger partial charge in [0, 0.05) is 6.26 Å². The Hall–Kier alpha value is -2.02. The van der Waals surface area contributed by atoms with Crippen LogP contribution in [0.1, 0.15) is 17.2 Å². The van der Waals surface area contributed by atoms with Crippen molar-refractivity contribution in [1.29, 1.82) is 0 Å². The van der Waals surface area contributed by atoms with E-state index in [1.54, 1.807) is 18.2 Å². The van der Waals surface area contributed by atoms with Gasteiger partial charge in [-0.25, -0.2) is 12.8 Å². The number of halogens is 1. The quantitative estimate of drug-likeness (QED) is 0.879. The number of sulfone groups is 1. The molecular formula is C17H17FO4S. The maximum absolute atomic E-state index is 12.9. The van der Waals surface area contributed by atoms with E-state index in [-0.39, 0.29) is 10.5 Å². The molecule has 0 aliphatic heterocycles. The highest BCUT2D eigenvalue weighted by Gasteiger charge is 2.16. The van der Waals surface area contributed by atoms with Crippen LogP contribution in [0.15, 0.2) is 59.5 Å². The smallest absolute Gasteiger partial charge is 0.176 e. The van der Waals surface area contributed by atoms with Crippen molar-refractivity contribution in [3.05, 3.63) is 71.6 Å². The Kier molecular flexibility index (Phi) is 5.30. The Balaban J connectivity index is 2.46. The summed E-state index contributed by atoms with van der Waals surface area (Å²) in [5.74, 6) is -0.422. The molecule has 2 rings (SSSR count). The van der Waals surface area contributed by atoms with E-state index in [1.165, 1.54) is 36.4 Å². The van der Waals surface area contributed by atoms with E-state index in [9.17, 15) is 23.0 Å². The zero-order chi connectivity index (χ0) is 17.0. The van der Waals surface area contributed by atoms with Crippen LogP contribution in [-0.2, 0) is 9.84 Å². The first-order valence-electron chi connectivity index (χ1n) is 6.87. The van der Waals surface area contributed by atoms with Crippen LogP contribution in [0.5, 0.6) is 0 Å². The fraction of sp³-hybridized carbons (Fsp3) is 0.176. The van der Waals surface area contributed by atoms with Gasteiger partial charge in [-0.1, -0.05) is 30.3 Å². The van der Waals surface area contributed by atoms with E-state index in [4.69, 9.17) is 0 Å². The topological polar surface area (TPSA) is 74.6 Å². The summed E-state index contributed by atoms with van der Waals surface area (Å²) in [5.41, 5.74) is 1.05. The van der Waals surface area contributed by atoms with Gasteiger partial charge in [-0.2, -0.15) is 0 Å². The lowest BCUT2D eigenvalue weighted by atomic mass is 10.0. The lowest BCUT2D eigenvalue weighted by Gasteiger charge is -2.13. The van der Waals surface area contributed by atoms with Gasteiger partial charge >= 0.3 is 0 Å². The minimum absolute atomic E-state index is 0.0756. The maximum Gasteiger partial charge on any atom is 0.176 e. The zero-order valence-electron chi connectivity index (χ0n) is 12.5. The molecular weight excluding hydrogens is 319 g/mol. The summed E-state index contributed by atoms with van der Waals surface area (Å²) in [6, 6.07) is 11.5. The molecule has 23 heavy (non-hydrogen) atoms. The van der Waals surface area contributed by atoms with Crippen molar-refractivity contribution >= 4 is 15.4 Å². The maximum atomic E-state index is 12.9. The molecule has 1 atom stereocenters. The lowest BCUT2D eigenvalue weighted by Crippen LogP contribution is -2.05. The standard InChI is InChI=1S/C17H17FO4S/c1-23(21,22)17-5-3-2-4-15(17)13(11-19)10-16(20)12-6-8-14(18)9-7-12/h2-10,16,19-20H,11H2,1H3. The molecule has 0 aliphatic carbocycles. The number of aliphatic hydroxyl groups is 2. The van der Waals surface area contributed by atoms with Crippen LogP contribution >= 0.6 is 0 Å². The van der Waals surface area contributed by atoms with Gasteiger partial charge in [-0.3, -0.25) is 0 Å². The Morgan fingerprint density at radius 1 is 1.17 bits per heavy atom. The van der Waals surface area contributed by atoms with Crippen molar-refractivity contribution < 1.29 is 23.0 Å². The van der Waals surface area contributed by atoms with Crippen LogP contribution in [0.25, 0.3) is 5.57 Å². The molecule has 0 radical (unpaired) electrons. The largest absolute Gasteiger partial charge is 0.392 e. The van der Waals surface area contributed by atoms with Crippen molar-refractivity contribution in [2.45, 2.75) is 11.0 Å². The van der Waals surface area contributed by atoms with Gasteiger partial charge < -0.3 is 10.2 Å². The summed E-state index contributed by atoms with van der Waals surface area (Å²) in [6.07, 6.45) is 1.35. The molecule has 122 valence electrons. The number of hydrogen-bond donors (Lipinski definition) is 2. The molecule has 2 N–H and O–H groups in total. The molecule has 4 nitrogen and oxygen atoms in total. The van der Waals surface area contributed by atoms with Gasteiger partial charge in [0.2, 0.25) is 0 Å². The Bertz CT molecular complexity index is 811. The summed E-state index contributed by atoms with van der Waals surface area (Å²) in [4.78, 5) is 0.0756. The fourth-order valence-electron chi connectivity index (χ4n) is 2.23. The van der Waals surface area contributed by atoms with E-state index >= 15 is 0 Å². The third-order valence-electron chi connectivity index (χ3n) is 3.37. The molecule has 0 aromatic heterocycles. The fourth-order valence-corrected chi connectivity index (χ4v) is 3.15. The van der Waals surface area contributed by atoms with Gasteiger partial charge in [0.25, 0.3) is 0 Å². The second-order valence-electron chi connectivity index (χ2n) is 5.11. The van der Waals surface area contributed by atoms with Crippen LogP contribution in [0.2, 0.25) is 0 Å². The van der Waals surface area contributed by atoms with Gasteiger partial charge in [-0.05, 0) is 41.0 Å². The summed E-state index contributed by atoms with van der Waals surface area (Å²) in [5, 5.41) is 19.8. The van der Waals surface area contributed by atoms with Crippen molar-refractivity contribution in [2.24, 2.45) is 0 Å². The molecule has 0 saturated heterocycles. The van der Waals surface area contributed by atoms with Crippen LogP contribution < -0.4 is 0 Å². The molecule has 2 aromatic rings. The second-order valence-corrected chi connectivity index (χ2v) is 7.10. The van der Waals surface area contributed by atoms with E-state index in [0.717, 1.165) is 6.26 Å². The summed E-state index contributed by atoms with van der Waals surface area (Å²) >= 11 is 0. The van der Waals surface area contributed by atoms with Crippen molar-refractivity contribution in [3.8, 4) is 0 Å². The highest BCUT2D eigenvalue weighted by atomic mass is 32.2. The van der Waals surface area contributed by atoms with Crippen molar-refractivity contribution in [1.82, 2.24) is 0 Å². The van der Waals surface area contributed by atoms with Gasteiger partial charge in [-0.15, -0.1) is 0 Å². The van der Waals surface area contributed by atoms with Crippen LogP contribution in [-0.4, -0.2) is 31.5 Å². The minimum Gasteiger partial charge on any atom is -0.392 e. The molecule has 0 heterocycles. The first-order valence-corrected chi connectivity index (χ1v) is 8.76. The van der Waals surface area contributed by atoms with E-state index in [0.29, 0.717) is 11.1 Å². The molecule has 6 heteroatoms. The highest BCUT2D eigenvalue weighted by Crippen LogP contribution is 2.26. The van der Waals surface area contributed by atoms with Crippen molar-refractivity contribution in [2.75, 3.05) is 12.9 Å². The predicted molar refractivity (Wildman–Crippen MR) is 86.0 cm³/mol. The van der Waals surface area contributed by atoms with Gasteiger partial charge in [0.15, 0.2) is 9.84 Å². The molecule has 2 aromatic carbocycles. The Morgan fingerprint density at radius 3 is 2.35 bits per heavy atom. The van der Waals surface area contributed by atoms with Crippen LogP contribution in [0.4, 0.5) is 4.39 Å². The summed E-state index contributed by atoms with van der Waals surface area (Å²) in [7, 11) is -3.48. The molecule has 0 bridgehead atoms. The molecule has 0 fully saturated rings. The first kappa shape index (κ1) is 17.3. The Morgan fingerprint density at radius 2 is 1.78 bits per heavy atom. The molecule has 0 saturated carbocycles. The molecule has 1 unspecified atom stereocenters. The predicted octanol–water partition coefficient (Wildman–Crippen LogP) is 2.34. The van der Waals surface area contributed by atoms with E-state index < -0.39 is 28.4 Å². The zero-order valence-corrected chi connectivity index (χ0v) is 13.3. The third-order valence-corrected chi connectivity index (χ3v) is 4.53. The number of rotatable bonds is 5. The lowest BCUT2D eigenvalue weighted by molar-refractivity contribution is 0.228. The SMILES string of the molecule is CS(=O)(=O)c1ccccc1C(=CC(O)c1ccc(F)cc1)CO. The third kappa shape index (κ3) is 4.25. The van der Waals surface area contributed by atoms with E-state index in [2.05, 4.69) is 0 Å². The van der Waals surface area contributed by atoms with Crippen LogP contribution in [0.3, 0.4) is 0 Å². The first-order chi connectivity index (χ1) is 10.8. The normalized spacial score (nSPS) is 13.8. The second kappa shape index (κ2) is 7.04.